The van der Waals surface area contributed by atoms with Gasteiger partial charge in [0.15, 0.2) is 0 Å². The molecule has 1 amide bonds. The first-order chi connectivity index (χ1) is 12.2. The van der Waals surface area contributed by atoms with Gasteiger partial charge in [-0.2, -0.15) is 4.31 Å². The van der Waals surface area contributed by atoms with Crippen molar-refractivity contribution in [3.63, 3.8) is 0 Å². The van der Waals surface area contributed by atoms with Crippen LogP contribution in [0.4, 0.5) is 0 Å². The van der Waals surface area contributed by atoms with Crippen molar-refractivity contribution in [1.29, 1.82) is 0 Å². The fourth-order valence-electron chi connectivity index (χ4n) is 2.43. The van der Waals surface area contributed by atoms with Crippen LogP contribution < -0.4 is 5.32 Å². The Hall–Kier alpha value is -1.22. The molecule has 8 heteroatoms. The van der Waals surface area contributed by atoms with Crippen LogP contribution in [0, 0.1) is 0 Å². The summed E-state index contributed by atoms with van der Waals surface area (Å²) in [7, 11) is -3.73. The second-order valence-electron chi connectivity index (χ2n) is 5.73. The smallest absolute Gasteiger partial charge is 0.243 e. The predicted molar refractivity (Wildman–Crippen MR) is 109 cm³/mol. The summed E-state index contributed by atoms with van der Waals surface area (Å²) in [5, 5.41) is 2.85. The summed E-state index contributed by atoms with van der Waals surface area (Å²) in [6.07, 6.45) is 0. The molecule has 2 aromatic rings. The molecule has 1 atom stereocenters. The SMILES string of the molecule is CCN(CC(=O)N[C@@H](C)c1cccc(Br)c1)S(=O)(=O)c1ccc(Br)cc1. The third-order valence-corrected chi connectivity index (χ3v) is 6.81. The van der Waals surface area contributed by atoms with Crippen molar-refractivity contribution in [1.82, 2.24) is 9.62 Å². The Morgan fingerprint density at radius 3 is 2.35 bits per heavy atom. The third-order valence-electron chi connectivity index (χ3n) is 3.85. The Labute approximate surface area is 171 Å². The molecule has 0 heterocycles. The lowest BCUT2D eigenvalue weighted by atomic mass is 10.1. The van der Waals surface area contributed by atoms with E-state index in [9.17, 15) is 13.2 Å². The Bertz CT molecular complexity index is 870. The molecular formula is C18H20Br2N2O3S. The largest absolute Gasteiger partial charge is 0.348 e. The van der Waals surface area contributed by atoms with Crippen molar-refractivity contribution in [3.8, 4) is 0 Å². The fourth-order valence-corrected chi connectivity index (χ4v) is 4.52. The number of carbonyl (C=O) groups excluding carboxylic acids is 1. The Balaban J connectivity index is 2.09. The molecule has 26 heavy (non-hydrogen) atoms. The lowest BCUT2D eigenvalue weighted by molar-refractivity contribution is -0.121. The number of carbonyl (C=O) groups is 1. The number of hydrogen-bond donors (Lipinski definition) is 1. The second-order valence-corrected chi connectivity index (χ2v) is 9.50. The van der Waals surface area contributed by atoms with Gasteiger partial charge in [0.05, 0.1) is 17.5 Å². The molecule has 0 aliphatic rings. The van der Waals surface area contributed by atoms with Gasteiger partial charge in [-0.05, 0) is 48.9 Å². The molecule has 0 fully saturated rings. The Morgan fingerprint density at radius 2 is 1.77 bits per heavy atom. The predicted octanol–water partition coefficient (Wildman–Crippen LogP) is 4.10. The number of rotatable bonds is 7. The molecule has 0 aromatic heterocycles. The standard InChI is InChI=1S/C18H20Br2N2O3S/c1-3-22(26(24,25)17-9-7-15(19)8-10-17)12-18(23)21-13(2)14-5-4-6-16(20)11-14/h4-11,13H,3,12H2,1-2H3,(H,21,23)/t13-/m0/s1. The maximum atomic E-state index is 12.7. The van der Waals surface area contributed by atoms with Crippen LogP contribution in [0.5, 0.6) is 0 Å². The Kier molecular flexibility index (Phi) is 7.40. The zero-order valence-corrected chi connectivity index (χ0v) is 18.4. The molecule has 2 aromatic carbocycles. The molecule has 0 saturated heterocycles. The zero-order chi connectivity index (χ0) is 19.3. The average Bonchev–Trinajstić information content (AvgIpc) is 2.59. The van der Waals surface area contributed by atoms with Gasteiger partial charge in [0.2, 0.25) is 15.9 Å². The summed E-state index contributed by atoms with van der Waals surface area (Å²) in [5.74, 6) is -0.347. The van der Waals surface area contributed by atoms with Crippen LogP contribution in [0.15, 0.2) is 62.4 Å². The summed E-state index contributed by atoms with van der Waals surface area (Å²) < 4.78 is 28.3. The first kappa shape index (κ1) is 21.1. The highest BCUT2D eigenvalue weighted by Gasteiger charge is 2.25. The van der Waals surface area contributed by atoms with Crippen molar-refractivity contribution < 1.29 is 13.2 Å². The summed E-state index contributed by atoms with van der Waals surface area (Å²) in [4.78, 5) is 12.5. The van der Waals surface area contributed by atoms with Gasteiger partial charge in [0, 0.05) is 15.5 Å². The van der Waals surface area contributed by atoms with E-state index in [1.54, 1.807) is 19.1 Å². The molecule has 1 N–H and O–H groups in total. The van der Waals surface area contributed by atoms with Gasteiger partial charge in [-0.25, -0.2) is 8.42 Å². The molecule has 140 valence electrons. The molecule has 0 saturated carbocycles. The number of nitrogens with zero attached hydrogens (tertiary/aromatic N) is 1. The number of sulfonamides is 1. The van der Waals surface area contributed by atoms with Gasteiger partial charge in [0.1, 0.15) is 0 Å². The third kappa shape index (κ3) is 5.39. The van der Waals surface area contributed by atoms with Crippen molar-refractivity contribution in [2.45, 2.75) is 24.8 Å². The van der Waals surface area contributed by atoms with Crippen LogP contribution in [0.3, 0.4) is 0 Å². The van der Waals surface area contributed by atoms with E-state index in [1.807, 2.05) is 31.2 Å². The van der Waals surface area contributed by atoms with Gasteiger partial charge in [-0.1, -0.05) is 50.9 Å². The van der Waals surface area contributed by atoms with E-state index in [1.165, 1.54) is 16.4 Å². The van der Waals surface area contributed by atoms with E-state index in [-0.39, 0.29) is 29.9 Å². The molecule has 5 nitrogen and oxygen atoms in total. The molecule has 0 radical (unpaired) electrons. The quantitative estimate of drug-likeness (QED) is 0.618. The van der Waals surface area contributed by atoms with E-state index in [2.05, 4.69) is 37.2 Å². The molecule has 0 spiro atoms. The maximum Gasteiger partial charge on any atom is 0.243 e. The van der Waals surface area contributed by atoms with E-state index >= 15 is 0 Å². The van der Waals surface area contributed by atoms with Crippen LogP contribution in [0.2, 0.25) is 0 Å². The molecule has 0 bridgehead atoms. The minimum Gasteiger partial charge on any atom is -0.348 e. The molecule has 0 aliphatic heterocycles. The number of benzene rings is 2. The minimum absolute atomic E-state index is 0.162. The monoisotopic (exact) mass is 502 g/mol. The second kappa shape index (κ2) is 9.12. The summed E-state index contributed by atoms with van der Waals surface area (Å²) in [6, 6.07) is 13.8. The first-order valence-corrected chi connectivity index (χ1v) is 11.1. The van der Waals surface area contributed by atoms with Crippen molar-refractivity contribution in [2.24, 2.45) is 0 Å². The van der Waals surface area contributed by atoms with Gasteiger partial charge >= 0.3 is 0 Å². The van der Waals surface area contributed by atoms with E-state index in [0.717, 1.165) is 14.5 Å². The van der Waals surface area contributed by atoms with Crippen LogP contribution in [-0.4, -0.2) is 31.7 Å². The zero-order valence-electron chi connectivity index (χ0n) is 14.4. The van der Waals surface area contributed by atoms with Gasteiger partial charge in [0.25, 0.3) is 0 Å². The molecule has 2 rings (SSSR count). The topological polar surface area (TPSA) is 66.5 Å². The highest BCUT2D eigenvalue weighted by atomic mass is 79.9. The normalized spacial score (nSPS) is 12.8. The molecule has 0 aliphatic carbocycles. The van der Waals surface area contributed by atoms with Crippen molar-refractivity contribution in [2.75, 3.05) is 13.1 Å². The minimum atomic E-state index is -3.73. The summed E-state index contributed by atoms with van der Waals surface area (Å²) in [6.45, 7) is 3.55. The summed E-state index contributed by atoms with van der Waals surface area (Å²) >= 11 is 6.69. The number of amides is 1. The molecular weight excluding hydrogens is 484 g/mol. The number of likely N-dealkylation sites (N-methyl/N-ethyl adjacent to an activating group) is 1. The number of nitrogens with one attached hydrogen (secondary N) is 1. The highest BCUT2D eigenvalue weighted by molar-refractivity contribution is 9.10. The maximum absolute atomic E-state index is 12.7. The van der Waals surface area contributed by atoms with Crippen LogP contribution in [0.1, 0.15) is 25.5 Å². The highest BCUT2D eigenvalue weighted by Crippen LogP contribution is 2.20. The van der Waals surface area contributed by atoms with Gasteiger partial charge in [-0.15, -0.1) is 0 Å². The van der Waals surface area contributed by atoms with E-state index in [4.69, 9.17) is 0 Å². The lowest BCUT2D eigenvalue weighted by Crippen LogP contribution is -2.41. The number of halogens is 2. The first-order valence-electron chi connectivity index (χ1n) is 8.04. The van der Waals surface area contributed by atoms with E-state index in [0.29, 0.717) is 0 Å². The lowest BCUT2D eigenvalue weighted by Gasteiger charge is -2.22. The summed E-state index contributed by atoms with van der Waals surface area (Å²) in [5.41, 5.74) is 0.937. The van der Waals surface area contributed by atoms with Crippen molar-refractivity contribution >= 4 is 47.8 Å². The van der Waals surface area contributed by atoms with E-state index < -0.39 is 10.0 Å². The Morgan fingerprint density at radius 1 is 1.12 bits per heavy atom. The van der Waals surface area contributed by atoms with Crippen molar-refractivity contribution in [3.05, 3.63) is 63.0 Å². The van der Waals surface area contributed by atoms with Gasteiger partial charge in [-0.3, -0.25) is 4.79 Å². The number of hydrogen-bond acceptors (Lipinski definition) is 3. The average molecular weight is 504 g/mol. The van der Waals surface area contributed by atoms with Crippen LogP contribution in [0.25, 0.3) is 0 Å². The fraction of sp³-hybridized carbons (Fsp3) is 0.278. The van der Waals surface area contributed by atoms with Crippen LogP contribution in [-0.2, 0) is 14.8 Å². The van der Waals surface area contributed by atoms with Gasteiger partial charge < -0.3 is 5.32 Å². The molecule has 0 unspecified atom stereocenters. The van der Waals surface area contributed by atoms with Crippen LogP contribution >= 0.6 is 31.9 Å².